The fourth-order valence-corrected chi connectivity index (χ4v) is 2.16. The number of alkyl halides is 2. The van der Waals surface area contributed by atoms with Gasteiger partial charge in [-0.15, -0.1) is 0 Å². The van der Waals surface area contributed by atoms with E-state index in [0.29, 0.717) is 31.1 Å². The zero-order valence-corrected chi connectivity index (χ0v) is 9.14. The quantitative estimate of drug-likeness (QED) is 0.805. The van der Waals surface area contributed by atoms with Gasteiger partial charge in [0.1, 0.15) is 5.52 Å². The molecule has 0 aliphatic carbocycles. The Labute approximate surface area is 97.0 Å². The summed E-state index contributed by atoms with van der Waals surface area (Å²) in [6.07, 6.45) is -1.76. The van der Waals surface area contributed by atoms with E-state index in [1.165, 1.54) is 0 Å². The van der Waals surface area contributed by atoms with Crippen molar-refractivity contribution >= 4 is 17.1 Å². The highest BCUT2D eigenvalue weighted by atomic mass is 19.3. The summed E-state index contributed by atoms with van der Waals surface area (Å²) in [5.74, 6) is -0.565. The molecule has 0 saturated carbocycles. The average molecular weight is 238 g/mol. The molecule has 0 spiro atoms. The summed E-state index contributed by atoms with van der Waals surface area (Å²) in [7, 11) is 0. The predicted octanol–water partition coefficient (Wildman–Crippen LogP) is 2.92. The number of benzene rings is 1. The number of aromatic nitrogens is 1. The third-order valence-electron chi connectivity index (χ3n) is 3.13. The summed E-state index contributed by atoms with van der Waals surface area (Å²) >= 11 is 0. The van der Waals surface area contributed by atoms with Crippen LogP contribution < -0.4 is 4.90 Å². The van der Waals surface area contributed by atoms with E-state index in [9.17, 15) is 8.78 Å². The fourth-order valence-electron chi connectivity index (χ4n) is 2.16. The van der Waals surface area contributed by atoms with Gasteiger partial charge in [0, 0.05) is 19.0 Å². The van der Waals surface area contributed by atoms with Gasteiger partial charge in [-0.2, -0.15) is 4.98 Å². The summed E-state index contributed by atoms with van der Waals surface area (Å²) in [5, 5.41) is 0. The number of nitrogens with zero attached hydrogens (tertiary/aromatic N) is 2. The molecule has 3 nitrogen and oxygen atoms in total. The van der Waals surface area contributed by atoms with Crippen molar-refractivity contribution in [3.8, 4) is 0 Å². The standard InChI is InChI=1S/C12H12F2N2O/c13-11(14)8-5-6-16(7-8)12-15-9-3-1-2-4-10(9)17-12/h1-4,8,11H,5-7H2. The van der Waals surface area contributed by atoms with Gasteiger partial charge >= 0.3 is 0 Å². The minimum atomic E-state index is -2.26. The maximum atomic E-state index is 12.6. The predicted molar refractivity (Wildman–Crippen MR) is 60.3 cm³/mol. The van der Waals surface area contributed by atoms with Crippen molar-refractivity contribution in [1.29, 1.82) is 0 Å². The Morgan fingerprint density at radius 3 is 2.88 bits per heavy atom. The van der Waals surface area contributed by atoms with Crippen molar-refractivity contribution in [2.24, 2.45) is 5.92 Å². The summed E-state index contributed by atoms with van der Waals surface area (Å²) in [4.78, 5) is 6.09. The molecule has 0 bridgehead atoms. The van der Waals surface area contributed by atoms with Gasteiger partial charge in [0.05, 0.1) is 0 Å². The molecular formula is C12H12F2N2O. The first-order valence-electron chi connectivity index (χ1n) is 5.63. The van der Waals surface area contributed by atoms with Crippen LogP contribution in [0.1, 0.15) is 6.42 Å². The molecule has 2 heterocycles. The van der Waals surface area contributed by atoms with Crippen LogP contribution in [-0.2, 0) is 0 Å². The largest absolute Gasteiger partial charge is 0.423 e. The van der Waals surface area contributed by atoms with Gasteiger partial charge < -0.3 is 9.32 Å². The number of fused-ring (bicyclic) bond motifs is 1. The maximum Gasteiger partial charge on any atom is 0.298 e. The van der Waals surface area contributed by atoms with Crippen LogP contribution in [0.25, 0.3) is 11.1 Å². The molecule has 1 unspecified atom stereocenters. The van der Waals surface area contributed by atoms with Crippen LogP contribution in [0, 0.1) is 5.92 Å². The molecule has 1 saturated heterocycles. The molecule has 1 aliphatic rings. The normalized spacial score (nSPS) is 20.6. The van der Waals surface area contributed by atoms with Gasteiger partial charge in [0.25, 0.3) is 6.01 Å². The topological polar surface area (TPSA) is 29.3 Å². The van der Waals surface area contributed by atoms with Crippen molar-refractivity contribution < 1.29 is 13.2 Å². The maximum absolute atomic E-state index is 12.6. The average Bonchev–Trinajstić information content (AvgIpc) is 2.95. The zero-order valence-electron chi connectivity index (χ0n) is 9.14. The lowest BCUT2D eigenvalue weighted by molar-refractivity contribution is 0.0879. The molecule has 5 heteroatoms. The van der Waals surface area contributed by atoms with Crippen LogP contribution in [0.5, 0.6) is 0 Å². The molecule has 1 aliphatic heterocycles. The first-order chi connectivity index (χ1) is 8.24. The molecule has 3 rings (SSSR count). The molecule has 0 N–H and O–H groups in total. The molecule has 1 aromatic heterocycles. The number of hydrogen-bond acceptors (Lipinski definition) is 3. The van der Waals surface area contributed by atoms with E-state index in [1.54, 1.807) is 4.90 Å². The molecule has 0 amide bonds. The van der Waals surface area contributed by atoms with E-state index in [1.807, 2.05) is 24.3 Å². The highest BCUT2D eigenvalue weighted by Gasteiger charge is 2.31. The number of para-hydroxylation sites is 2. The third kappa shape index (κ3) is 1.85. The van der Waals surface area contributed by atoms with E-state index in [0.717, 1.165) is 5.52 Å². The third-order valence-corrected chi connectivity index (χ3v) is 3.13. The van der Waals surface area contributed by atoms with Crippen molar-refractivity contribution in [2.45, 2.75) is 12.8 Å². The highest BCUT2D eigenvalue weighted by Crippen LogP contribution is 2.29. The Balaban J connectivity index is 1.85. The molecule has 1 atom stereocenters. The molecule has 1 fully saturated rings. The Bertz CT molecular complexity index is 493. The van der Waals surface area contributed by atoms with Crippen LogP contribution in [0.4, 0.5) is 14.8 Å². The first kappa shape index (κ1) is 10.5. The Morgan fingerprint density at radius 2 is 2.18 bits per heavy atom. The van der Waals surface area contributed by atoms with Gasteiger partial charge in [-0.3, -0.25) is 0 Å². The number of oxazole rings is 1. The molecular weight excluding hydrogens is 226 g/mol. The van der Waals surface area contributed by atoms with Crippen molar-refractivity contribution in [3.63, 3.8) is 0 Å². The second-order valence-corrected chi connectivity index (χ2v) is 4.29. The zero-order chi connectivity index (χ0) is 11.8. The van der Waals surface area contributed by atoms with Crippen LogP contribution in [-0.4, -0.2) is 24.5 Å². The Hall–Kier alpha value is -1.65. The number of rotatable bonds is 2. The summed E-state index contributed by atoms with van der Waals surface area (Å²) in [6.45, 7) is 0.909. The Kier molecular flexibility index (Phi) is 2.46. The van der Waals surface area contributed by atoms with Crippen LogP contribution in [0.15, 0.2) is 28.7 Å². The van der Waals surface area contributed by atoms with E-state index >= 15 is 0 Å². The molecule has 90 valence electrons. The fraction of sp³-hybridized carbons (Fsp3) is 0.417. The number of anilines is 1. The van der Waals surface area contributed by atoms with Crippen molar-refractivity contribution in [1.82, 2.24) is 4.98 Å². The van der Waals surface area contributed by atoms with E-state index in [2.05, 4.69) is 4.98 Å². The minimum absolute atomic E-state index is 0.324. The SMILES string of the molecule is FC(F)C1CCN(c2nc3ccccc3o2)C1. The summed E-state index contributed by atoms with van der Waals surface area (Å²) < 4.78 is 30.7. The van der Waals surface area contributed by atoms with Crippen molar-refractivity contribution in [2.75, 3.05) is 18.0 Å². The smallest absolute Gasteiger partial charge is 0.298 e. The molecule has 1 aromatic carbocycles. The first-order valence-corrected chi connectivity index (χ1v) is 5.63. The van der Waals surface area contributed by atoms with Gasteiger partial charge in [-0.25, -0.2) is 8.78 Å². The lowest BCUT2D eigenvalue weighted by Gasteiger charge is -2.12. The highest BCUT2D eigenvalue weighted by molar-refractivity contribution is 5.74. The molecule has 0 radical (unpaired) electrons. The van der Waals surface area contributed by atoms with Gasteiger partial charge in [0.15, 0.2) is 5.58 Å². The lowest BCUT2D eigenvalue weighted by atomic mass is 10.1. The lowest BCUT2D eigenvalue weighted by Crippen LogP contribution is -2.22. The monoisotopic (exact) mass is 238 g/mol. The van der Waals surface area contributed by atoms with Gasteiger partial charge in [-0.1, -0.05) is 12.1 Å². The molecule has 2 aromatic rings. The molecule has 17 heavy (non-hydrogen) atoms. The number of hydrogen-bond donors (Lipinski definition) is 0. The Morgan fingerprint density at radius 1 is 1.35 bits per heavy atom. The van der Waals surface area contributed by atoms with E-state index < -0.39 is 12.3 Å². The second-order valence-electron chi connectivity index (χ2n) is 4.29. The van der Waals surface area contributed by atoms with Crippen LogP contribution >= 0.6 is 0 Å². The second kappa shape index (κ2) is 3.98. The van der Waals surface area contributed by atoms with Gasteiger partial charge in [0.2, 0.25) is 6.43 Å². The number of halogens is 2. The minimum Gasteiger partial charge on any atom is -0.423 e. The van der Waals surface area contributed by atoms with Crippen molar-refractivity contribution in [3.05, 3.63) is 24.3 Å². The summed E-state index contributed by atoms with van der Waals surface area (Å²) in [6, 6.07) is 7.87. The van der Waals surface area contributed by atoms with E-state index in [-0.39, 0.29) is 0 Å². The summed E-state index contributed by atoms with van der Waals surface area (Å²) in [5.41, 5.74) is 1.46. The van der Waals surface area contributed by atoms with E-state index in [4.69, 9.17) is 4.42 Å². The van der Waals surface area contributed by atoms with Crippen LogP contribution in [0.2, 0.25) is 0 Å². The van der Waals surface area contributed by atoms with Gasteiger partial charge in [-0.05, 0) is 18.6 Å². The van der Waals surface area contributed by atoms with Crippen LogP contribution in [0.3, 0.4) is 0 Å².